The number of carbonyl (C=O) groups is 1. The Labute approximate surface area is 153 Å². The highest BCUT2D eigenvalue weighted by molar-refractivity contribution is 7.89. The number of piperidine rings is 1. The number of rotatable bonds is 5. The lowest BCUT2D eigenvalue weighted by atomic mass is 10.1. The van der Waals surface area contributed by atoms with Crippen LogP contribution in [0.1, 0.15) is 35.2 Å². The van der Waals surface area contributed by atoms with Gasteiger partial charge in [0.1, 0.15) is 5.82 Å². The fourth-order valence-electron chi connectivity index (χ4n) is 2.92. The lowest BCUT2D eigenvalue weighted by molar-refractivity contribution is 0.104. The molecule has 4 nitrogen and oxygen atoms in total. The summed E-state index contributed by atoms with van der Waals surface area (Å²) in [5.74, 6) is -0.713. The molecule has 0 N–H and O–H groups in total. The maximum atomic E-state index is 13.6. The first-order chi connectivity index (χ1) is 12.5. The zero-order valence-corrected chi connectivity index (χ0v) is 15.1. The van der Waals surface area contributed by atoms with Crippen LogP contribution in [-0.2, 0) is 10.0 Å². The highest BCUT2D eigenvalue weighted by Gasteiger charge is 2.25. The molecule has 0 radical (unpaired) electrons. The highest BCUT2D eigenvalue weighted by atomic mass is 32.2. The van der Waals surface area contributed by atoms with E-state index in [2.05, 4.69) is 0 Å². The lowest BCUT2D eigenvalue weighted by Gasteiger charge is -2.25. The average molecular weight is 373 g/mol. The van der Waals surface area contributed by atoms with Crippen LogP contribution in [0.25, 0.3) is 6.08 Å². The first-order valence-electron chi connectivity index (χ1n) is 8.55. The summed E-state index contributed by atoms with van der Waals surface area (Å²) in [6.07, 6.45) is 5.49. The molecule has 0 aliphatic carbocycles. The van der Waals surface area contributed by atoms with Crippen LogP contribution in [0.4, 0.5) is 4.39 Å². The van der Waals surface area contributed by atoms with Crippen molar-refractivity contribution in [3.8, 4) is 0 Å². The molecule has 26 heavy (non-hydrogen) atoms. The first kappa shape index (κ1) is 18.5. The van der Waals surface area contributed by atoms with E-state index in [1.165, 1.54) is 46.8 Å². The zero-order valence-electron chi connectivity index (χ0n) is 14.3. The minimum atomic E-state index is -3.51. The van der Waals surface area contributed by atoms with Gasteiger partial charge in [0.05, 0.1) is 4.90 Å². The second-order valence-electron chi connectivity index (χ2n) is 6.21. The number of sulfonamides is 1. The molecule has 3 rings (SSSR count). The van der Waals surface area contributed by atoms with Gasteiger partial charge in [0.25, 0.3) is 0 Å². The number of benzene rings is 2. The first-order valence-corrected chi connectivity index (χ1v) is 10.00. The second kappa shape index (κ2) is 7.93. The quantitative estimate of drug-likeness (QED) is 0.590. The molecule has 0 bridgehead atoms. The summed E-state index contributed by atoms with van der Waals surface area (Å²) < 4.78 is 40.3. The van der Waals surface area contributed by atoms with Gasteiger partial charge in [-0.05, 0) is 55.3 Å². The molecule has 2 aromatic carbocycles. The smallest absolute Gasteiger partial charge is 0.243 e. The molecule has 2 aromatic rings. The van der Waals surface area contributed by atoms with Gasteiger partial charge in [0.2, 0.25) is 10.0 Å². The summed E-state index contributed by atoms with van der Waals surface area (Å²) in [6, 6.07) is 12.1. The molecule has 0 aromatic heterocycles. The molecule has 0 atom stereocenters. The Hall–Kier alpha value is -2.31. The largest absolute Gasteiger partial charge is 0.289 e. The summed E-state index contributed by atoms with van der Waals surface area (Å²) in [7, 11) is -3.51. The Morgan fingerprint density at radius 1 is 0.962 bits per heavy atom. The van der Waals surface area contributed by atoms with Crippen molar-refractivity contribution in [3.63, 3.8) is 0 Å². The van der Waals surface area contributed by atoms with E-state index in [1.54, 1.807) is 18.2 Å². The monoisotopic (exact) mass is 373 g/mol. The molecule has 6 heteroatoms. The van der Waals surface area contributed by atoms with Gasteiger partial charge in [-0.25, -0.2) is 12.8 Å². The Balaban J connectivity index is 1.75. The molecule has 0 unspecified atom stereocenters. The number of halogens is 1. The summed E-state index contributed by atoms with van der Waals surface area (Å²) in [6.45, 7) is 1.07. The molecular weight excluding hydrogens is 353 g/mol. The van der Waals surface area contributed by atoms with Crippen molar-refractivity contribution in [2.45, 2.75) is 24.2 Å². The molecule has 136 valence electrons. The summed E-state index contributed by atoms with van der Waals surface area (Å²) in [5.41, 5.74) is 0.681. The number of allylic oxidation sites excluding steroid dienone is 1. The van der Waals surface area contributed by atoms with E-state index in [0.29, 0.717) is 24.2 Å². The predicted molar refractivity (Wildman–Crippen MR) is 98.8 cm³/mol. The number of ketones is 1. The minimum Gasteiger partial charge on any atom is -0.289 e. The third kappa shape index (κ3) is 4.08. The molecule has 1 aliphatic heterocycles. The van der Waals surface area contributed by atoms with Crippen molar-refractivity contribution < 1.29 is 17.6 Å². The zero-order chi connectivity index (χ0) is 18.6. The van der Waals surface area contributed by atoms with E-state index in [0.717, 1.165) is 19.3 Å². The van der Waals surface area contributed by atoms with Crippen molar-refractivity contribution in [1.29, 1.82) is 0 Å². The van der Waals surface area contributed by atoms with E-state index < -0.39 is 15.8 Å². The normalized spacial score (nSPS) is 16.0. The van der Waals surface area contributed by atoms with E-state index in [9.17, 15) is 17.6 Å². The van der Waals surface area contributed by atoms with Gasteiger partial charge in [0.15, 0.2) is 5.78 Å². The van der Waals surface area contributed by atoms with Gasteiger partial charge >= 0.3 is 0 Å². The SMILES string of the molecule is O=C(/C=C/c1ccccc1F)c1ccc(S(=O)(=O)N2CCCCC2)cc1. The topological polar surface area (TPSA) is 54.5 Å². The standard InChI is InChI=1S/C20H20FNO3S/c21-19-7-3-2-6-16(19)10-13-20(23)17-8-11-18(12-9-17)26(24,25)22-14-4-1-5-15-22/h2-3,6-13H,1,4-5,14-15H2/b13-10+. The molecule has 1 aliphatic rings. The fourth-order valence-corrected chi connectivity index (χ4v) is 4.43. The van der Waals surface area contributed by atoms with E-state index in [4.69, 9.17) is 0 Å². The summed E-state index contributed by atoms with van der Waals surface area (Å²) in [4.78, 5) is 12.4. The van der Waals surface area contributed by atoms with Gasteiger partial charge in [-0.1, -0.05) is 24.6 Å². The van der Waals surface area contributed by atoms with Gasteiger partial charge in [-0.3, -0.25) is 4.79 Å². The highest BCUT2D eigenvalue weighted by Crippen LogP contribution is 2.21. The molecule has 0 saturated carbocycles. The van der Waals surface area contributed by atoms with E-state index in [-0.39, 0.29) is 10.7 Å². The van der Waals surface area contributed by atoms with Gasteiger partial charge < -0.3 is 0 Å². The Morgan fingerprint density at radius 2 is 1.62 bits per heavy atom. The number of hydrogen-bond donors (Lipinski definition) is 0. The Kier molecular flexibility index (Phi) is 5.64. The Morgan fingerprint density at radius 3 is 2.27 bits per heavy atom. The van der Waals surface area contributed by atoms with Crippen molar-refractivity contribution >= 4 is 21.9 Å². The second-order valence-corrected chi connectivity index (χ2v) is 8.15. The third-order valence-corrected chi connectivity index (χ3v) is 6.32. The number of hydrogen-bond acceptors (Lipinski definition) is 3. The van der Waals surface area contributed by atoms with Gasteiger partial charge in [0, 0.05) is 24.2 Å². The number of carbonyl (C=O) groups excluding carboxylic acids is 1. The van der Waals surface area contributed by atoms with Crippen LogP contribution < -0.4 is 0 Å². The fraction of sp³-hybridized carbons (Fsp3) is 0.250. The molecule has 1 saturated heterocycles. The molecule has 0 spiro atoms. The Bertz CT molecular complexity index is 914. The number of nitrogens with zero attached hydrogens (tertiary/aromatic N) is 1. The summed E-state index contributed by atoms with van der Waals surface area (Å²) in [5, 5.41) is 0. The van der Waals surface area contributed by atoms with Crippen molar-refractivity contribution in [1.82, 2.24) is 4.31 Å². The van der Waals surface area contributed by atoms with Crippen LogP contribution in [0.5, 0.6) is 0 Å². The van der Waals surface area contributed by atoms with Crippen LogP contribution in [0.3, 0.4) is 0 Å². The van der Waals surface area contributed by atoms with Crippen LogP contribution in [-0.4, -0.2) is 31.6 Å². The van der Waals surface area contributed by atoms with Gasteiger partial charge in [-0.2, -0.15) is 4.31 Å². The predicted octanol–water partition coefficient (Wildman–Crippen LogP) is 3.90. The van der Waals surface area contributed by atoms with Crippen molar-refractivity contribution in [2.75, 3.05) is 13.1 Å². The lowest BCUT2D eigenvalue weighted by Crippen LogP contribution is -2.35. The van der Waals surface area contributed by atoms with Crippen LogP contribution in [0, 0.1) is 5.82 Å². The molecule has 0 amide bonds. The van der Waals surface area contributed by atoms with Crippen LogP contribution in [0.2, 0.25) is 0 Å². The third-order valence-electron chi connectivity index (χ3n) is 4.41. The summed E-state index contributed by atoms with van der Waals surface area (Å²) >= 11 is 0. The molecule has 1 fully saturated rings. The van der Waals surface area contributed by atoms with Crippen LogP contribution >= 0.6 is 0 Å². The van der Waals surface area contributed by atoms with Crippen molar-refractivity contribution in [3.05, 3.63) is 71.6 Å². The van der Waals surface area contributed by atoms with E-state index in [1.807, 2.05) is 0 Å². The average Bonchev–Trinajstić information content (AvgIpc) is 2.68. The maximum absolute atomic E-state index is 13.6. The molecular formula is C20H20FNO3S. The minimum absolute atomic E-state index is 0.189. The van der Waals surface area contributed by atoms with Gasteiger partial charge in [-0.15, -0.1) is 0 Å². The van der Waals surface area contributed by atoms with E-state index >= 15 is 0 Å². The molecule has 1 heterocycles. The van der Waals surface area contributed by atoms with Crippen LogP contribution in [0.15, 0.2) is 59.5 Å². The van der Waals surface area contributed by atoms with Crippen molar-refractivity contribution in [2.24, 2.45) is 0 Å². The maximum Gasteiger partial charge on any atom is 0.243 e.